The first kappa shape index (κ1) is 21.5. The summed E-state index contributed by atoms with van der Waals surface area (Å²) in [4.78, 5) is 27.4. The van der Waals surface area contributed by atoms with Gasteiger partial charge in [0.15, 0.2) is 5.58 Å². The van der Waals surface area contributed by atoms with Crippen molar-refractivity contribution < 1.29 is 23.5 Å². The fourth-order valence-corrected chi connectivity index (χ4v) is 3.19. The highest BCUT2D eigenvalue weighted by Crippen LogP contribution is 2.28. The van der Waals surface area contributed by atoms with E-state index in [2.05, 4.69) is 10.3 Å². The number of anilines is 1. The number of nitrogens with one attached hydrogen (secondary N) is 1. The number of carboxylic acid groups (broad SMARTS) is 1. The number of fused-ring (bicyclic) bond motifs is 1. The molecular weight excluding hydrogens is 425 g/mol. The van der Waals surface area contributed by atoms with E-state index in [-0.39, 0.29) is 18.0 Å². The Bertz CT molecular complexity index is 1450. The normalized spacial score (nSPS) is 10.9. The number of benzene rings is 3. The first-order valence-corrected chi connectivity index (χ1v) is 9.82. The number of hydrogen-bond donors (Lipinski definition) is 2. The van der Waals surface area contributed by atoms with Crippen LogP contribution in [-0.4, -0.2) is 22.0 Å². The number of oxazole rings is 1. The predicted molar refractivity (Wildman–Crippen MR) is 120 cm³/mol. The van der Waals surface area contributed by atoms with Gasteiger partial charge in [0.1, 0.15) is 11.3 Å². The van der Waals surface area contributed by atoms with Gasteiger partial charge in [0, 0.05) is 11.6 Å². The van der Waals surface area contributed by atoms with Gasteiger partial charge in [0.25, 0.3) is 0 Å². The number of aliphatic carboxylic acids is 1. The van der Waals surface area contributed by atoms with Crippen LogP contribution in [0.15, 0.2) is 71.2 Å². The number of rotatable bonds is 6. The van der Waals surface area contributed by atoms with E-state index < -0.39 is 17.7 Å². The molecule has 7 nitrogen and oxygen atoms in total. The summed E-state index contributed by atoms with van der Waals surface area (Å²) >= 11 is 0. The molecule has 0 spiro atoms. The summed E-state index contributed by atoms with van der Waals surface area (Å²) in [6.07, 6.45) is 2.64. The molecule has 3 aromatic carbocycles. The molecule has 0 aliphatic heterocycles. The third-order valence-electron chi connectivity index (χ3n) is 4.72. The van der Waals surface area contributed by atoms with E-state index in [1.165, 1.54) is 24.3 Å². The number of hydrogen-bond acceptors (Lipinski definition) is 5. The van der Waals surface area contributed by atoms with Crippen LogP contribution in [-0.2, 0) is 16.0 Å². The van der Waals surface area contributed by atoms with E-state index in [4.69, 9.17) is 14.8 Å². The second-order valence-electron chi connectivity index (χ2n) is 7.15. The van der Waals surface area contributed by atoms with E-state index in [9.17, 15) is 14.0 Å². The molecule has 0 fully saturated rings. The topological polar surface area (TPSA) is 116 Å². The van der Waals surface area contributed by atoms with Gasteiger partial charge in [0.2, 0.25) is 11.8 Å². The maximum absolute atomic E-state index is 14.6. The lowest BCUT2D eigenvalue weighted by atomic mass is 10.1. The molecule has 1 amide bonds. The van der Waals surface area contributed by atoms with Crippen molar-refractivity contribution in [1.82, 2.24) is 4.98 Å². The monoisotopic (exact) mass is 441 g/mol. The van der Waals surface area contributed by atoms with Gasteiger partial charge in [-0.3, -0.25) is 9.59 Å². The number of nitrogens with zero attached hydrogens (tertiary/aromatic N) is 2. The zero-order valence-electron chi connectivity index (χ0n) is 17.1. The Morgan fingerprint density at radius 2 is 2.00 bits per heavy atom. The van der Waals surface area contributed by atoms with Gasteiger partial charge in [-0.2, -0.15) is 5.26 Å². The van der Waals surface area contributed by atoms with E-state index in [1.54, 1.807) is 48.5 Å². The lowest BCUT2D eigenvalue weighted by Crippen LogP contribution is -2.09. The molecular formula is C25H16FN3O4. The summed E-state index contributed by atoms with van der Waals surface area (Å²) in [6, 6.07) is 17.8. The van der Waals surface area contributed by atoms with Crippen LogP contribution in [0.3, 0.4) is 0 Å². The average Bonchev–Trinajstić information content (AvgIpc) is 3.22. The summed E-state index contributed by atoms with van der Waals surface area (Å²) < 4.78 is 20.3. The molecule has 2 N–H and O–H groups in total. The fraction of sp³-hybridized carbons (Fsp3) is 0.0400. The van der Waals surface area contributed by atoms with Crippen molar-refractivity contribution >= 4 is 34.7 Å². The van der Waals surface area contributed by atoms with E-state index >= 15 is 0 Å². The molecule has 4 rings (SSSR count). The standard InChI is InChI=1S/C25H16FN3O4/c26-19-13-18(25-29-21-11-16(12-24(31)32)4-8-22(21)33-25)6-7-20(19)28-23(30)9-5-15-2-1-3-17(10-15)14-27/h1-11,13H,12H2,(H,28,30)(H,31,32)/b9-5+. The number of carbonyl (C=O) groups excluding carboxylic acids is 1. The number of carbonyl (C=O) groups is 2. The highest BCUT2D eigenvalue weighted by atomic mass is 19.1. The molecule has 162 valence electrons. The smallest absolute Gasteiger partial charge is 0.307 e. The number of amides is 1. The summed E-state index contributed by atoms with van der Waals surface area (Å²) in [5.41, 5.74) is 2.98. The zero-order chi connectivity index (χ0) is 23.4. The lowest BCUT2D eigenvalue weighted by Gasteiger charge is -2.05. The first-order chi connectivity index (χ1) is 15.9. The van der Waals surface area contributed by atoms with Crippen molar-refractivity contribution in [3.8, 4) is 17.5 Å². The molecule has 0 radical (unpaired) electrons. The fourth-order valence-electron chi connectivity index (χ4n) is 3.19. The predicted octanol–water partition coefficient (Wildman–Crippen LogP) is 4.78. The van der Waals surface area contributed by atoms with Gasteiger partial charge in [0.05, 0.1) is 23.7 Å². The molecule has 8 heteroatoms. The van der Waals surface area contributed by atoms with Crippen molar-refractivity contribution in [2.45, 2.75) is 6.42 Å². The quantitative estimate of drug-likeness (QED) is 0.416. The third kappa shape index (κ3) is 5.11. The maximum atomic E-state index is 14.6. The van der Waals surface area contributed by atoms with Crippen molar-refractivity contribution in [1.29, 1.82) is 5.26 Å². The van der Waals surface area contributed by atoms with Gasteiger partial charge >= 0.3 is 5.97 Å². The van der Waals surface area contributed by atoms with Crippen LogP contribution in [0.5, 0.6) is 0 Å². The summed E-state index contributed by atoms with van der Waals surface area (Å²) in [5, 5.41) is 20.3. The molecule has 4 aromatic rings. The minimum atomic E-state index is -0.955. The Hall–Kier alpha value is -4.77. The Morgan fingerprint density at radius 3 is 2.76 bits per heavy atom. The van der Waals surface area contributed by atoms with Crippen molar-refractivity contribution in [2.24, 2.45) is 0 Å². The summed E-state index contributed by atoms with van der Waals surface area (Å²) in [7, 11) is 0. The largest absolute Gasteiger partial charge is 0.481 e. The summed E-state index contributed by atoms with van der Waals surface area (Å²) in [5.74, 6) is -1.98. The van der Waals surface area contributed by atoms with Crippen LogP contribution in [0.25, 0.3) is 28.6 Å². The van der Waals surface area contributed by atoms with Gasteiger partial charge in [-0.05, 0) is 59.7 Å². The number of aromatic nitrogens is 1. The summed E-state index contributed by atoms with van der Waals surface area (Å²) in [6.45, 7) is 0. The molecule has 0 aliphatic carbocycles. The highest BCUT2D eigenvalue weighted by molar-refractivity contribution is 6.02. The molecule has 0 bridgehead atoms. The van der Waals surface area contributed by atoms with Crippen LogP contribution in [0.2, 0.25) is 0 Å². The van der Waals surface area contributed by atoms with Crippen LogP contribution in [0.1, 0.15) is 16.7 Å². The first-order valence-electron chi connectivity index (χ1n) is 9.82. The van der Waals surface area contributed by atoms with Gasteiger partial charge in [-0.25, -0.2) is 9.37 Å². The SMILES string of the molecule is N#Cc1cccc(/C=C/C(=O)Nc2ccc(-c3nc4cc(CC(=O)O)ccc4o3)cc2F)c1. The average molecular weight is 441 g/mol. The van der Waals surface area contributed by atoms with E-state index in [1.807, 2.05) is 6.07 Å². The van der Waals surface area contributed by atoms with E-state index in [0.717, 1.165) is 0 Å². The lowest BCUT2D eigenvalue weighted by molar-refractivity contribution is -0.136. The Balaban J connectivity index is 1.49. The minimum Gasteiger partial charge on any atom is -0.481 e. The Labute approximate surface area is 187 Å². The third-order valence-corrected chi connectivity index (χ3v) is 4.72. The molecule has 0 atom stereocenters. The molecule has 0 saturated carbocycles. The second kappa shape index (κ2) is 9.16. The molecule has 0 aliphatic rings. The molecule has 1 heterocycles. The molecule has 33 heavy (non-hydrogen) atoms. The van der Waals surface area contributed by atoms with Crippen molar-refractivity contribution in [2.75, 3.05) is 5.32 Å². The van der Waals surface area contributed by atoms with Crippen LogP contribution >= 0.6 is 0 Å². The molecule has 0 saturated heterocycles. The van der Waals surface area contributed by atoms with Gasteiger partial charge < -0.3 is 14.8 Å². The molecule has 1 aromatic heterocycles. The Morgan fingerprint density at radius 1 is 1.15 bits per heavy atom. The van der Waals surface area contributed by atoms with Crippen molar-refractivity contribution in [3.63, 3.8) is 0 Å². The number of halogens is 1. The maximum Gasteiger partial charge on any atom is 0.307 e. The highest BCUT2D eigenvalue weighted by Gasteiger charge is 2.13. The van der Waals surface area contributed by atoms with Gasteiger partial charge in [-0.15, -0.1) is 0 Å². The van der Waals surface area contributed by atoms with Crippen LogP contribution < -0.4 is 5.32 Å². The number of nitriles is 1. The van der Waals surface area contributed by atoms with E-state index in [0.29, 0.717) is 33.4 Å². The van der Waals surface area contributed by atoms with Crippen molar-refractivity contribution in [3.05, 3.63) is 89.2 Å². The second-order valence-corrected chi connectivity index (χ2v) is 7.15. The van der Waals surface area contributed by atoms with Crippen LogP contribution in [0.4, 0.5) is 10.1 Å². The zero-order valence-corrected chi connectivity index (χ0v) is 17.1. The Kier molecular flexibility index (Phi) is 5.96. The van der Waals surface area contributed by atoms with Gasteiger partial charge in [-0.1, -0.05) is 18.2 Å². The van der Waals surface area contributed by atoms with Crippen LogP contribution in [0, 0.1) is 17.1 Å². The minimum absolute atomic E-state index is 0.0148. The number of carboxylic acids is 1. The molecule has 0 unspecified atom stereocenters.